The number of hydrogen-bond donors (Lipinski definition) is 0. The average Bonchev–Trinajstić information content (AvgIpc) is 3.11. The summed E-state index contributed by atoms with van der Waals surface area (Å²) in [5.41, 5.74) is 0.0210. The number of aryl methyl sites for hydroxylation is 3. The van der Waals surface area contributed by atoms with Crippen molar-refractivity contribution in [2.75, 3.05) is 0 Å². The van der Waals surface area contributed by atoms with Crippen LogP contribution in [0.3, 0.4) is 0 Å². The molecule has 0 aliphatic rings. The van der Waals surface area contributed by atoms with Gasteiger partial charge in [0.1, 0.15) is 0 Å². The van der Waals surface area contributed by atoms with Crippen molar-refractivity contribution in [1.82, 2.24) is 19.9 Å². The zero-order valence-corrected chi connectivity index (χ0v) is 14.3. The summed E-state index contributed by atoms with van der Waals surface area (Å²) in [6.07, 6.45) is -4.24. The molecule has 0 amide bonds. The number of nitrogens with zero attached hydrogens (tertiary/aromatic N) is 4. The van der Waals surface area contributed by atoms with Gasteiger partial charge in [0.25, 0.3) is 0 Å². The number of aromatic nitrogens is 4. The molecule has 2 aromatic heterocycles. The Bertz CT molecular complexity index is 905. The van der Waals surface area contributed by atoms with E-state index in [4.69, 9.17) is 27.7 Å². The molecule has 2 heterocycles. The molecule has 0 radical (unpaired) electrons. The van der Waals surface area contributed by atoms with Crippen LogP contribution in [0, 0.1) is 6.92 Å². The second kappa shape index (κ2) is 6.68. The van der Waals surface area contributed by atoms with Crippen molar-refractivity contribution in [3.63, 3.8) is 0 Å². The van der Waals surface area contributed by atoms with E-state index in [1.807, 2.05) is 0 Å². The van der Waals surface area contributed by atoms with E-state index in [2.05, 4.69) is 15.2 Å². The average molecular weight is 391 g/mol. The maximum Gasteiger partial charge on any atom is 0.435 e. The Morgan fingerprint density at radius 1 is 1.20 bits per heavy atom. The summed E-state index contributed by atoms with van der Waals surface area (Å²) in [5, 5.41) is 8.24. The third-order valence-electron chi connectivity index (χ3n) is 3.45. The Labute approximate surface area is 150 Å². The lowest BCUT2D eigenvalue weighted by Crippen LogP contribution is -2.09. The summed E-state index contributed by atoms with van der Waals surface area (Å²) >= 11 is 11.9. The Kier molecular flexibility index (Phi) is 4.75. The number of alkyl halides is 3. The molecular weight excluding hydrogens is 380 g/mol. The molecule has 0 aliphatic carbocycles. The fraction of sp³-hybridized carbons (Fsp3) is 0.267. The predicted octanol–water partition coefficient (Wildman–Crippen LogP) is 4.81. The summed E-state index contributed by atoms with van der Waals surface area (Å²) < 4.78 is 44.4. The second-order valence-corrected chi connectivity index (χ2v) is 6.12. The molecular formula is C15H11Cl2F3N4O. The molecule has 0 bridgehead atoms. The number of hydrogen-bond acceptors (Lipinski definition) is 4. The standard InChI is InChI=1S/C15H11Cl2F3N4O/c1-8-6-12(15(18,19)20)22-24(8)5-4-13-21-14(23-25-13)10-3-2-9(16)7-11(10)17/h2-3,6-7H,4-5H2,1H3. The summed E-state index contributed by atoms with van der Waals surface area (Å²) in [6, 6.07) is 5.85. The molecule has 10 heteroatoms. The molecule has 0 aliphatic heterocycles. The monoisotopic (exact) mass is 390 g/mol. The highest BCUT2D eigenvalue weighted by Gasteiger charge is 2.34. The molecule has 132 valence electrons. The number of benzene rings is 1. The maximum absolute atomic E-state index is 12.7. The summed E-state index contributed by atoms with van der Waals surface area (Å²) in [7, 11) is 0. The predicted molar refractivity (Wildman–Crippen MR) is 85.4 cm³/mol. The van der Waals surface area contributed by atoms with Crippen molar-refractivity contribution in [2.24, 2.45) is 0 Å². The molecule has 0 N–H and O–H groups in total. The van der Waals surface area contributed by atoms with Gasteiger partial charge >= 0.3 is 6.18 Å². The minimum Gasteiger partial charge on any atom is -0.339 e. The first kappa shape index (κ1) is 17.8. The van der Waals surface area contributed by atoms with Crippen LogP contribution in [-0.4, -0.2) is 19.9 Å². The Hall–Kier alpha value is -2.06. The van der Waals surface area contributed by atoms with Crippen LogP contribution in [0.5, 0.6) is 0 Å². The van der Waals surface area contributed by atoms with Crippen molar-refractivity contribution in [1.29, 1.82) is 0 Å². The van der Waals surface area contributed by atoms with E-state index in [0.717, 1.165) is 6.07 Å². The normalized spacial score (nSPS) is 11.9. The molecule has 3 rings (SSSR count). The minimum absolute atomic E-state index is 0.178. The zero-order chi connectivity index (χ0) is 18.2. The molecule has 0 unspecified atom stereocenters. The number of rotatable bonds is 4. The first-order valence-electron chi connectivity index (χ1n) is 7.13. The van der Waals surface area contributed by atoms with E-state index in [0.29, 0.717) is 21.3 Å². The fourth-order valence-corrected chi connectivity index (χ4v) is 2.71. The highest BCUT2D eigenvalue weighted by Crippen LogP contribution is 2.29. The van der Waals surface area contributed by atoms with Gasteiger partial charge in [0.2, 0.25) is 11.7 Å². The van der Waals surface area contributed by atoms with E-state index in [9.17, 15) is 13.2 Å². The highest BCUT2D eigenvalue weighted by molar-refractivity contribution is 6.36. The van der Waals surface area contributed by atoms with Crippen LogP contribution in [0.25, 0.3) is 11.4 Å². The fourth-order valence-electron chi connectivity index (χ4n) is 2.21. The Morgan fingerprint density at radius 2 is 1.96 bits per heavy atom. The van der Waals surface area contributed by atoms with Crippen molar-refractivity contribution in [3.05, 3.63) is 51.6 Å². The third-order valence-corrected chi connectivity index (χ3v) is 4.00. The van der Waals surface area contributed by atoms with Crippen molar-refractivity contribution >= 4 is 23.2 Å². The van der Waals surface area contributed by atoms with E-state index >= 15 is 0 Å². The lowest BCUT2D eigenvalue weighted by atomic mass is 10.2. The largest absolute Gasteiger partial charge is 0.435 e. The topological polar surface area (TPSA) is 56.7 Å². The van der Waals surface area contributed by atoms with Gasteiger partial charge in [0.15, 0.2) is 5.69 Å². The quantitative estimate of drug-likeness (QED) is 0.641. The van der Waals surface area contributed by atoms with Gasteiger partial charge in [-0.1, -0.05) is 28.4 Å². The molecule has 25 heavy (non-hydrogen) atoms. The van der Waals surface area contributed by atoms with Crippen molar-refractivity contribution in [2.45, 2.75) is 26.1 Å². The molecule has 0 fully saturated rings. The van der Waals surface area contributed by atoms with Gasteiger partial charge in [-0.25, -0.2) is 0 Å². The summed E-state index contributed by atoms with van der Waals surface area (Å²) in [4.78, 5) is 4.20. The summed E-state index contributed by atoms with van der Waals surface area (Å²) in [6.45, 7) is 1.73. The smallest absolute Gasteiger partial charge is 0.339 e. The number of halogens is 5. The highest BCUT2D eigenvalue weighted by atomic mass is 35.5. The van der Waals surface area contributed by atoms with Crippen LogP contribution in [0.4, 0.5) is 13.2 Å². The van der Waals surface area contributed by atoms with E-state index in [-0.39, 0.29) is 24.7 Å². The van der Waals surface area contributed by atoms with Crippen LogP contribution >= 0.6 is 23.2 Å². The molecule has 0 atom stereocenters. The van der Waals surface area contributed by atoms with Gasteiger partial charge in [-0.05, 0) is 31.2 Å². The maximum atomic E-state index is 12.7. The SMILES string of the molecule is Cc1cc(C(F)(F)F)nn1CCc1nc(-c2ccc(Cl)cc2Cl)no1. The zero-order valence-electron chi connectivity index (χ0n) is 12.8. The second-order valence-electron chi connectivity index (χ2n) is 5.28. The Balaban J connectivity index is 1.73. The molecule has 0 saturated carbocycles. The van der Waals surface area contributed by atoms with Gasteiger partial charge in [-0.2, -0.15) is 23.3 Å². The van der Waals surface area contributed by atoms with Crippen molar-refractivity contribution in [3.8, 4) is 11.4 Å². The van der Waals surface area contributed by atoms with Crippen LogP contribution in [0.1, 0.15) is 17.3 Å². The lowest BCUT2D eigenvalue weighted by molar-refractivity contribution is -0.141. The first-order chi connectivity index (χ1) is 11.7. The van der Waals surface area contributed by atoms with E-state index in [1.165, 1.54) is 4.68 Å². The van der Waals surface area contributed by atoms with Crippen LogP contribution in [0.2, 0.25) is 10.0 Å². The van der Waals surface area contributed by atoms with Gasteiger partial charge in [0, 0.05) is 29.2 Å². The first-order valence-corrected chi connectivity index (χ1v) is 7.89. The molecule has 3 aromatic rings. The van der Waals surface area contributed by atoms with E-state index in [1.54, 1.807) is 25.1 Å². The minimum atomic E-state index is -4.47. The van der Waals surface area contributed by atoms with Gasteiger partial charge < -0.3 is 4.52 Å². The molecule has 0 spiro atoms. The Morgan fingerprint density at radius 3 is 2.60 bits per heavy atom. The van der Waals surface area contributed by atoms with Gasteiger partial charge in [-0.3, -0.25) is 4.68 Å². The van der Waals surface area contributed by atoms with Crippen LogP contribution in [0.15, 0.2) is 28.8 Å². The van der Waals surface area contributed by atoms with Crippen molar-refractivity contribution < 1.29 is 17.7 Å². The third kappa shape index (κ3) is 3.96. The molecule has 0 saturated heterocycles. The molecule has 1 aromatic carbocycles. The van der Waals surface area contributed by atoms with Gasteiger partial charge in [0.05, 0.1) is 5.02 Å². The summed E-state index contributed by atoms with van der Waals surface area (Å²) in [5.74, 6) is 0.550. The lowest BCUT2D eigenvalue weighted by Gasteiger charge is -2.02. The van der Waals surface area contributed by atoms with Crippen LogP contribution < -0.4 is 0 Å². The molecule has 5 nitrogen and oxygen atoms in total. The van der Waals surface area contributed by atoms with E-state index < -0.39 is 11.9 Å². The van der Waals surface area contributed by atoms with Crippen LogP contribution in [-0.2, 0) is 19.1 Å². The van der Waals surface area contributed by atoms with Gasteiger partial charge in [-0.15, -0.1) is 0 Å².